The maximum Gasteiger partial charge on any atom is 0.180 e. The van der Waals surface area contributed by atoms with E-state index in [1.165, 1.54) is 0 Å². The van der Waals surface area contributed by atoms with E-state index < -0.39 is 0 Å². The third-order valence-electron chi connectivity index (χ3n) is 3.07. The van der Waals surface area contributed by atoms with Crippen LogP contribution in [0.1, 0.15) is 0 Å². The minimum atomic E-state index is 0.188. The number of nitrogens with one attached hydrogen (secondary N) is 1. The summed E-state index contributed by atoms with van der Waals surface area (Å²) in [6.45, 7) is 0. The van der Waals surface area contributed by atoms with Crippen molar-refractivity contribution in [3.63, 3.8) is 0 Å². The van der Waals surface area contributed by atoms with Crippen molar-refractivity contribution in [3.8, 4) is 0 Å². The van der Waals surface area contributed by atoms with E-state index in [9.17, 15) is 0 Å². The van der Waals surface area contributed by atoms with Gasteiger partial charge in [0.25, 0.3) is 0 Å². The Balaban J connectivity index is 2.09. The van der Waals surface area contributed by atoms with Gasteiger partial charge in [-0.2, -0.15) is 5.10 Å². The monoisotopic (exact) mass is 281 g/mol. The highest BCUT2D eigenvalue weighted by Gasteiger charge is 2.18. The highest BCUT2D eigenvalue weighted by Crippen LogP contribution is 2.20. The van der Waals surface area contributed by atoms with Crippen LogP contribution >= 0.6 is 0 Å². The molecule has 0 atom stereocenters. The zero-order valence-electron chi connectivity index (χ0n) is 11.8. The summed E-state index contributed by atoms with van der Waals surface area (Å²) in [4.78, 5) is 10.6. The zero-order valence-corrected chi connectivity index (χ0v) is 11.8. The summed E-state index contributed by atoms with van der Waals surface area (Å²) in [5, 5.41) is 12.2. The number of hydrogen-bond donors (Lipinski definition) is 2. The first-order valence-corrected chi connectivity index (χ1v) is 6.40. The molecular weight excluding hydrogens is 266 g/mol. The molecule has 0 unspecified atom stereocenters. The molecule has 0 fully saturated rings. The van der Waals surface area contributed by atoms with Crippen molar-refractivity contribution in [2.24, 2.45) is 15.7 Å². The number of fused-ring (bicyclic) bond motifs is 1. The molecule has 2 aromatic heterocycles. The molecule has 21 heavy (non-hydrogen) atoms. The third kappa shape index (κ3) is 2.29. The predicted molar refractivity (Wildman–Crippen MR) is 83.4 cm³/mol. The molecule has 3 rings (SSSR count). The Morgan fingerprint density at radius 2 is 2.14 bits per heavy atom. The van der Waals surface area contributed by atoms with Gasteiger partial charge in [-0.3, -0.25) is 5.41 Å². The van der Waals surface area contributed by atoms with Crippen LogP contribution in [0.2, 0.25) is 0 Å². The molecule has 0 bridgehead atoms. The minimum Gasteiger partial charge on any atom is -0.396 e. The van der Waals surface area contributed by atoms with Crippen LogP contribution in [0.4, 0.5) is 5.69 Å². The van der Waals surface area contributed by atoms with Crippen LogP contribution in [0.5, 0.6) is 0 Å². The molecule has 0 aromatic carbocycles. The molecule has 0 saturated carbocycles. The van der Waals surface area contributed by atoms with E-state index in [0.717, 1.165) is 5.52 Å². The van der Waals surface area contributed by atoms with Crippen molar-refractivity contribution in [2.75, 3.05) is 14.1 Å². The van der Waals surface area contributed by atoms with Crippen LogP contribution in [0, 0.1) is 5.41 Å². The normalized spacial score (nSPS) is 17.0. The van der Waals surface area contributed by atoms with E-state index in [2.05, 4.69) is 15.1 Å². The molecule has 0 radical (unpaired) electrons. The Morgan fingerprint density at radius 3 is 2.90 bits per heavy atom. The number of nitrogens with zero attached hydrogens (tertiary/aromatic N) is 5. The van der Waals surface area contributed by atoms with Crippen LogP contribution in [0.25, 0.3) is 5.52 Å². The number of aromatic nitrogens is 2. The Labute approximate surface area is 121 Å². The number of nitrogens with two attached hydrogens (primary N) is 1. The van der Waals surface area contributed by atoms with Gasteiger partial charge in [0.1, 0.15) is 11.4 Å². The largest absolute Gasteiger partial charge is 0.396 e. The molecule has 3 N–H and O–H groups in total. The molecular formula is C14H15N7. The van der Waals surface area contributed by atoms with Gasteiger partial charge in [-0.15, -0.1) is 0 Å². The fourth-order valence-corrected chi connectivity index (χ4v) is 2.07. The van der Waals surface area contributed by atoms with Crippen LogP contribution in [-0.2, 0) is 0 Å². The highest BCUT2D eigenvalue weighted by atomic mass is 15.2. The van der Waals surface area contributed by atoms with Crippen molar-refractivity contribution in [2.45, 2.75) is 0 Å². The zero-order chi connectivity index (χ0) is 15.0. The molecule has 7 heteroatoms. The quantitative estimate of drug-likeness (QED) is 0.822. The molecule has 0 aliphatic carbocycles. The van der Waals surface area contributed by atoms with Crippen molar-refractivity contribution in [1.29, 1.82) is 5.41 Å². The Kier molecular flexibility index (Phi) is 3.02. The lowest BCUT2D eigenvalue weighted by Gasteiger charge is -2.19. The Hall–Kier alpha value is -2.96. The molecule has 0 saturated heterocycles. The third-order valence-corrected chi connectivity index (χ3v) is 3.07. The first kappa shape index (κ1) is 13.0. The van der Waals surface area contributed by atoms with E-state index in [4.69, 9.17) is 11.1 Å². The van der Waals surface area contributed by atoms with Crippen molar-refractivity contribution in [1.82, 2.24) is 14.5 Å². The number of dihydropyridines is 1. The van der Waals surface area contributed by atoms with E-state index >= 15 is 0 Å². The molecule has 1 aliphatic heterocycles. The topological polar surface area (TPSA) is 95.1 Å². The van der Waals surface area contributed by atoms with Crippen LogP contribution < -0.4 is 5.73 Å². The predicted octanol–water partition coefficient (Wildman–Crippen LogP) is 1.20. The fourth-order valence-electron chi connectivity index (χ4n) is 2.07. The summed E-state index contributed by atoms with van der Waals surface area (Å²) in [6, 6.07) is 5.73. The maximum absolute atomic E-state index is 7.98. The number of amidine groups is 2. The van der Waals surface area contributed by atoms with Gasteiger partial charge in [-0.05, 0) is 18.2 Å². The Bertz CT molecular complexity index is 808. The van der Waals surface area contributed by atoms with Gasteiger partial charge in [0, 0.05) is 20.3 Å². The molecule has 0 amide bonds. The van der Waals surface area contributed by atoms with E-state index in [-0.39, 0.29) is 5.71 Å². The second-order valence-electron chi connectivity index (χ2n) is 4.84. The van der Waals surface area contributed by atoms with Gasteiger partial charge in [0.15, 0.2) is 11.7 Å². The molecule has 1 aliphatic rings. The summed E-state index contributed by atoms with van der Waals surface area (Å²) in [7, 11) is 3.70. The number of hydrogen-bond acceptors (Lipinski definition) is 5. The number of pyridine rings is 1. The van der Waals surface area contributed by atoms with Gasteiger partial charge in [-0.1, -0.05) is 6.07 Å². The second-order valence-corrected chi connectivity index (χ2v) is 4.84. The standard InChI is InChI=1S/C14H15N7/c1-20(2)14-10(16)7-9(15)13(19-14)18-11-8-17-21-6-4-3-5-12(11)21/h3-8,15H,16H2,1-2H3. The van der Waals surface area contributed by atoms with Crippen LogP contribution in [0.15, 0.2) is 52.4 Å². The molecule has 3 heterocycles. The first-order valence-electron chi connectivity index (χ1n) is 6.40. The second kappa shape index (κ2) is 4.86. The van der Waals surface area contributed by atoms with Crippen molar-refractivity contribution >= 4 is 28.6 Å². The van der Waals surface area contributed by atoms with Crippen molar-refractivity contribution in [3.05, 3.63) is 42.4 Å². The smallest absolute Gasteiger partial charge is 0.180 e. The van der Waals surface area contributed by atoms with E-state index in [0.29, 0.717) is 23.1 Å². The number of rotatable bonds is 1. The lowest BCUT2D eigenvalue weighted by atomic mass is 10.2. The summed E-state index contributed by atoms with van der Waals surface area (Å²) in [5.74, 6) is 0.924. The van der Waals surface area contributed by atoms with E-state index in [1.807, 2.05) is 38.5 Å². The van der Waals surface area contributed by atoms with Crippen LogP contribution in [0.3, 0.4) is 0 Å². The van der Waals surface area contributed by atoms with Crippen molar-refractivity contribution < 1.29 is 0 Å². The molecule has 2 aromatic rings. The van der Waals surface area contributed by atoms with Gasteiger partial charge in [0.2, 0.25) is 0 Å². The highest BCUT2D eigenvalue weighted by molar-refractivity contribution is 6.49. The van der Waals surface area contributed by atoms with Gasteiger partial charge in [-0.25, -0.2) is 14.5 Å². The summed E-state index contributed by atoms with van der Waals surface area (Å²) >= 11 is 0. The summed E-state index contributed by atoms with van der Waals surface area (Å²) in [6.07, 6.45) is 5.06. The van der Waals surface area contributed by atoms with Crippen LogP contribution in [-0.4, -0.2) is 46.0 Å². The SMILES string of the molecule is CN(C)C1=NC(=Nc2cnn3ccccc23)C(=N)C=C1N. The lowest BCUT2D eigenvalue weighted by molar-refractivity contribution is 0.622. The number of likely N-dealkylation sites (N-methyl/N-ethyl adjacent to an activating group) is 1. The fraction of sp³-hybridized carbons (Fsp3) is 0.143. The maximum atomic E-state index is 7.98. The van der Waals surface area contributed by atoms with Gasteiger partial charge < -0.3 is 10.6 Å². The Morgan fingerprint density at radius 1 is 1.33 bits per heavy atom. The van der Waals surface area contributed by atoms with Gasteiger partial charge in [0.05, 0.1) is 17.4 Å². The van der Waals surface area contributed by atoms with E-state index in [1.54, 1.807) is 21.7 Å². The minimum absolute atomic E-state index is 0.188. The molecule has 0 spiro atoms. The average Bonchev–Trinajstić information content (AvgIpc) is 2.85. The number of aliphatic imine (C=N–C) groups is 2. The lowest BCUT2D eigenvalue weighted by Crippen LogP contribution is -2.33. The van der Waals surface area contributed by atoms with Gasteiger partial charge >= 0.3 is 0 Å². The summed E-state index contributed by atoms with van der Waals surface area (Å²) in [5.41, 5.74) is 8.06. The average molecular weight is 281 g/mol. The summed E-state index contributed by atoms with van der Waals surface area (Å²) < 4.78 is 1.73. The first-order chi connectivity index (χ1) is 10.1. The molecule has 7 nitrogen and oxygen atoms in total. The molecule has 106 valence electrons.